The average Bonchev–Trinajstić information content (AvgIpc) is 2.89. The number of aliphatic hydroxyl groups excluding tert-OH is 1. The van der Waals surface area contributed by atoms with Crippen molar-refractivity contribution < 1.29 is 15.3 Å². The first-order valence-electron chi connectivity index (χ1n) is 10.4. The lowest BCUT2D eigenvalue weighted by molar-refractivity contribution is -0.349. The van der Waals surface area contributed by atoms with Gasteiger partial charge in [0.2, 0.25) is 0 Å². The number of aliphatic hydroxyl groups is 3. The molecule has 8 atom stereocenters. The van der Waals surface area contributed by atoms with Crippen molar-refractivity contribution in [3.8, 4) is 0 Å². The highest BCUT2D eigenvalue weighted by atomic mass is 16.5. The first kappa shape index (κ1) is 17.3. The van der Waals surface area contributed by atoms with Crippen LogP contribution in [0.1, 0.15) is 78.6 Å². The van der Waals surface area contributed by atoms with Crippen molar-refractivity contribution in [2.45, 2.75) is 90.4 Å². The molecule has 0 aromatic heterocycles. The van der Waals surface area contributed by atoms with E-state index in [1.807, 2.05) is 0 Å². The Bertz CT molecular complexity index is 503. The van der Waals surface area contributed by atoms with Gasteiger partial charge in [0, 0.05) is 5.41 Å². The van der Waals surface area contributed by atoms with E-state index >= 15 is 0 Å². The highest BCUT2D eigenvalue weighted by Gasteiger charge is 2.67. The molecule has 0 aromatic carbocycles. The zero-order valence-electron chi connectivity index (χ0n) is 15.7. The quantitative estimate of drug-likeness (QED) is 0.640. The maximum absolute atomic E-state index is 10.9. The highest BCUT2D eigenvalue weighted by molar-refractivity contribution is 5.13. The third kappa shape index (κ3) is 1.95. The van der Waals surface area contributed by atoms with Gasteiger partial charge in [-0.2, -0.15) is 0 Å². The maximum atomic E-state index is 10.9. The van der Waals surface area contributed by atoms with Crippen molar-refractivity contribution in [1.29, 1.82) is 0 Å². The van der Waals surface area contributed by atoms with E-state index in [1.54, 1.807) is 0 Å². The second kappa shape index (κ2) is 5.44. The van der Waals surface area contributed by atoms with Crippen LogP contribution in [0.15, 0.2) is 0 Å². The molecule has 138 valence electrons. The van der Waals surface area contributed by atoms with E-state index in [2.05, 4.69) is 20.8 Å². The van der Waals surface area contributed by atoms with Crippen molar-refractivity contribution >= 4 is 0 Å². The van der Waals surface area contributed by atoms with Gasteiger partial charge in [0.05, 0.1) is 0 Å². The molecule has 0 aromatic rings. The first-order valence-corrected chi connectivity index (χ1v) is 10.4. The normalized spacial score (nSPS) is 56.2. The molecule has 24 heavy (non-hydrogen) atoms. The van der Waals surface area contributed by atoms with Gasteiger partial charge in [-0.25, -0.2) is 0 Å². The predicted molar refractivity (Wildman–Crippen MR) is 94.1 cm³/mol. The van der Waals surface area contributed by atoms with Crippen molar-refractivity contribution in [3.05, 3.63) is 0 Å². The van der Waals surface area contributed by atoms with E-state index in [0.29, 0.717) is 29.6 Å². The van der Waals surface area contributed by atoms with Gasteiger partial charge in [0.25, 0.3) is 0 Å². The molecule has 0 saturated heterocycles. The van der Waals surface area contributed by atoms with Gasteiger partial charge in [0.15, 0.2) is 5.79 Å². The van der Waals surface area contributed by atoms with Crippen LogP contribution >= 0.6 is 0 Å². The summed E-state index contributed by atoms with van der Waals surface area (Å²) in [5, 5.41) is 32.2. The predicted octanol–water partition coefficient (Wildman–Crippen LogP) is 3.71. The standard InChI is InChI=1S/C21H36O3/c1-4-13-6-9-16-15-8-5-14-7-10-18(22)21(23,24)20(14,3)17(15)11-12-19(13,16)2/h13-18,22-24H,4-12H2,1-3H3/t13-,14-,15-,16-,17-,18?,19+,20-/m0/s1. The molecule has 4 aliphatic carbocycles. The summed E-state index contributed by atoms with van der Waals surface area (Å²) in [5.41, 5.74) is -0.0841. The molecule has 0 amide bonds. The lowest BCUT2D eigenvalue weighted by atomic mass is 9.43. The molecule has 3 heteroatoms. The summed E-state index contributed by atoms with van der Waals surface area (Å²) in [6, 6.07) is 0. The fourth-order valence-electron chi connectivity index (χ4n) is 8.15. The third-order valence-corrected chi connectivity index (χ3v) is 9.64. The van der Waals surface area contributed by atoms with E-state index in [0.717, 1.165) is 31.1 Å². The van der Waals surface area contributed by atoms with E-state index < -0.39 is 17.3 Å². The van der Waals surface area contributed by atoms with Crippen LogP contribution in [0.2, 0.25) is 0 Å². The Morgan fingerprint density at radius 2 is 1.58 bits per heavy atom. The van der Waals surface area contributed by atoms with E-state index in [9.17, 15) is 15.3 Å². The van der Waals surface area contributed by atoms with Gasteiger partial charge in [0.1, 0.15) is 6.10 Å². The van der Waals surface area contributed by atoms with E-state index in [-0.39, 0.29) is 0 Å². The summed E-state index contributed by atoms with van der Waals surface area (Å²) in [6.45, 7) is 6.95. The SMILES string of the molecule is CC[C@H]1CC[C@H]2[C@@H]3CC[C@H]4CCC(O)C(O)(O)[C@]4(C)[C@H]3CC[C@]12C. The number of rotatable bonds is 1. The summed E-state index contributed by atoms with van der Waals surface area (Å²) in [6.07, 6.45) is 9.15. The summed E-state index contributed by atoms with van der Waals surface area (Å²) in [7, 11) is 0. The Hall–Kier alpha value is -0.120. The van der Waals surface area contributed by atoms with Crippen molar-refractivity contribution in [2.75, 3.05) is 0 Å². The second-order valence-corrected chi connectivity index (χ2v) is 9.98. The Labute approximate surface area is 146 Å². The number of hydrogen-bond donors (Lipinski definition) is 3. The largest absolute Gasteiger partial charge is 0.387 e. The molecule has 0 bridgehead atoms. The van der Waals surface area contributed by atoms with Crippen molar-refractivity contribution in [1.82, 2.24) is 0 Å². The smallest absolute Gasteiger partial charge is 0.195 e. The zero-order chi connectivity index (χ0) is 17.3. The van der Waals surface area contributed by atoms with Gasteiger partial charge >= 0.3 is 0 Å². The molecule has 3 nitrogen and oxygen atoms in total. The van der Waals surface area contributed by atoms with Crippen LogP contribution in [0, 0.1) is 40.4 Å². The summed E-state index contributed by atoms with van der Waals surface area (Å²) in [4.78, 5) is 0. The fraction of sp³-hybridized carbons (Fsp3) is 1.00. The van der Waals surface area contributed by atoms with Gasteiger partial charge in [-0.3, -0.25) is 0 Å². The first-order chi connectivity index (χ1) is 11.3. The molecule has 0 radical (unpaired) electrons. The Kier molecular flexibility index (Phi) is 3.92. The van der Waals surface area contributed by atoms with Crippen LogP contribution in [0.3, 0.4) is 0 Å². The molecule has 4 rings (SSSR count). The lowest BCUT2D eigenvalue weighted by Gasteiger charge is -2.64. The van der Waals surface area contributed by atoms with Crippen LogP contribution in [-0.4, -0.2) is 27.2 Å². The molecular weight excluding hydrogens is 300 g/mol. The third-order valence-electron chi connectivity index (χ3n) is 9.64. The summed E-state index contributed by atoms with van der Waals surface area (Å²) >= 11 is 0. The van der Waals surface area contributed by atoms with Crippen LogP contribution in [0.5, 0.6) is 0 Å². The molecule has 4 saturated carbocycles. The molecular formula is C21H36O3. The summed E-state index contributed by atoms with van der Waals surface area (Å²) in [5.74, 6) is 0.994. The van der Waals surface area contributed by atoms with Crippen LogP contribution in [0.25, 0.3) is 0 Å². The van der Waals surface area contributed by atoms with Crippen LogP contribution < -0.4 is 0 Å². The minimum atomic E-state index is -1.92. The van der Waals surface area contributed by atoms with Crippen molar-refractivity contribution in [2.24, 2.45) is 40.4 Å². The van der Waals surface area contributed by atoms with Crippen LogP contribution in [0.4, 0.5) is 0 Å². The van der Waals surface area contributed by atoms with Gasteiger partial charge in [-0.1, -0.05) is 27.2 Å². The monoisotopic (exact) mass is 336 g/mol. The minimum absolute atomic E-state index is 0.352. The number of hydrogen-bond acceptors (Lipinski definition) is 3. The van der Waals surface area contributed by atoms with E-state index in [1.165, 1.54) is 32.1 Å². The maximum Gasteiger partial charge on any atom is 0.195 e. The second-order valence-electron chi connectivity index (χ2n) is 9.98. The topological polar surface area (TPSA) is 60.7 Å². The molecule has 0 heterocycles. The number of fused-ring (bicyclic) bond motifs is 5. The fourth-order valence-corrected chi connectivity index (χ4v) is 8.15. The molecule has 3 N–H and O–H groups in total. The van der Waals surface area contributed by atoms with Crippen molar-refractivity contribution in [3.63, 3.8) is 0 Å². The Morgan fingerprint density at radius 3 is 2.29 bits per heavy atom. The average molecular weight is 337 g/mol. The van der Waals surface area contributed by atoms with Gasteiger partial charge < -0.3 is 15.3 Å². The molecule has 0 aliphatic heterocycles. The molecule has 1 unspecified atom stereocenters. The Morgan fingerprint density at radius 1 is 0.875 bits per heavy atom. The van der Waals surface area contributed by atoms with E-state index in [4.69, 9.17) is 0 Å². The molecule has 4 fully saturated rings. The van der Waals surface area contributed by atoms with Gasteiger partial charge in [-0.05, 0) is 86.4 Å². The highest BCUT2D eigenvalue weighted by Crippen LogP contribution is 2.69. The summed E-state index contributed by atoms with van der Waals surface area (Å²) < 4.78 is 0. The van der Waals surface area contributed by atoms with Gasteiger partial charge in [-0.15, -0.1) is 0 Å². The zero-order valence-corrected chi connectivity index (χ0v) is 15.7. The lowest BCUT2D eigenvalue weighted by Crippen LogP contribution is -2.68. The molecule has 0 spiro atoms. The van der Waals surface area contributed by atoms with Crippen LogP contribution in [-0.2, 0) is 0 Å². The minimum Gasteiger partial charge on any atom is -0.387 e. The Balaban J connectivity index is 1.70. The molecule has 4 aliphatic rings.